The fourth-order valence-electron chi connectivity index (χ4n) is 1.48. The molecule has 60 valence electrons. The SMILES string of the molecule is SCC1CC(n2ccnn2)C1. The van der Waals surface area contributed by atoms with Gasteiger partial charge >= 0.3 is 0 Å². The minimum absolute atomic E-state index is 0.592. The van der Waals surface area contributed by atoms with Crippen molar-refractivity contribution in [3.63, 3.8) is 0 Å². The topological polar surface area (TPSA) is 30.7 Å². The normalized spacial score (nSPS) is 29.9. The van der Waals surface area contributed by atoms with Crippen molar-refractivity contribution < 1.29 is 0 Å². The molecule has 1 saturated carbocycles. The van der Waals surface area contributed by atoms with Gasteiger partial charge in [-0.15, -0.1) is 5.10 Å². The van der Waals surface area contributed by atoms with E-state index in [0.29, 0.717) is 6.04 Å². The summed E-state index contributed by atoms with van der Waals surface area (Å²) in [5.74, 6) is 1.80. The summed E-state index contributed by atoms with van der Waals surface area (Å²) in [7, 11) is 0. The van der Waals surface area contributed by atoms with Crippen LogP contribution in [0.1, 0.15) is 18.9 Å². The van der Waals surface area contributed by atoms with Crippen LogP contribution in [0, 0.1) is 5.92 Å². The first kappa shape index (κ1) is 7.16. The summed E-state index contributed by atoms with van der Waals surface area (Å²) in [5.41, 5.74) is 0. The first-order valence-corrected chi connectivity index (χ1v) is 4.50. The second-order valence-electron chi connectivity index (χ2n) is 3.06. The van der Waals surface area contributed by atoms with Crippen molar-refractivity contribution >= 4 is 12.6 Å². The summed E-state index contributed by atoms with van der Waals surface area (Å²) < 4.78 is 1.94. The molecular weight excluding hydrogens is 158 g/mol. The van der Waals surface area contributed by atoms with Gasteiger partial charge in [-0.2, -0.15) is 12.6 Å². The van der Waals surface area contributed by atoms with E-state index in [4.69, 9.17) is 0 Å². The molecule has 2 rings (SSSR count). The molecule has 1 aromatic rings. The van der Waals surface area contributed by atoms with Gasteiger partial charge in [0, 0.05) is 6.20 Å². The monoisotopic (exact) mass is 169 g/mol. The van der Waals surface area contributed by atoms with E-state index < -0.39 is 0 Å². The largest absolute Gasteiger partial charge is 0.250 e. The Bertz CT molecular complexity index is 216. The van der Waals surface area contributed by atoms with Gasteiger partial charge in [-0.25, -0.2) is 4.68 Å². The Morgan fingerprint density at radius 1 is 1.55 bits per heavy atom. The molecule has 1 aliphatic carbocycles. The van der Waals surface area contributed by atoms with Crippen molar-refractivity contribution in [2.45, 2.75) is 18.9 Å². The van der Waals surface area contributed by atoms with Crippen LogP contribution in [-0.4, -0.2) is 20.7 Å². The van der Waals surface area contributed by atoms with E-state index >= 15 is 0 Å². The highest BCUT2D eigenvalue weighted by molar-refractivity contribution is 7.80. The maximum Gasteiger partial charge on any atom is 0.0693 e. The molecule has 0 amide bonds. The molecule has 1 fully saturated rings. The zero-order valence-corrected chi connectivity index (χ0v) is 7.11. The molecule has 0 saturated heterocycles. The molecule has 11 heavy (non-hydrogen) atoms. The Labute approximate surface area is 71.2 Å². The third-order valence-electron chi connectivity index (χ3n) is 2.28. The fourth-order valence-corrected chi connectivity index (χ4v) is 1.78. The highest BCUT2D eigenvalue weighted by atomic mass is 32.1. The van der Waals surface area contributed by atoms with Crippen molar-refractivity contribution in [3.05, 3.63) is 12.4 Å². The zero-order valence-electron chi connectivity index (χ0n) is 6.22. The van der Waals surface area contributed by atoms with Gasteiger partial charge < -0.3 is 0 Å². The Hall–Kier alpha value is -0.510. The summed E-state index contributed by atoms with van der Waals surface area (Å²) in [4.78, 5) is 0. The fraction of sp³-hybridized carbons (Fsp3) is 0.714. The van der Waals surface area contributed by atoms with Crippen molar-refractivity contribution in [1.82, 2.24) is 15.0 Å². The van der Waals surface area contributed by atoms with Crippen molar-refractivity contribution in [3.8, 4) is 0 Å². The molecule has 0 atom stereocenters. The van der Waals surface area contributed by atoms with Crippen LogP contribution >= 0.6 is 12.6 Å². The summed E-state index contributed by atoms with van der Waals surface area (Å²) in [5, 5.41) is 7.72. The van der Waals surface area contributed by atoms with Gasteiger partial charge in [-0.3, -0.25) is 0 Å². The molecule has 1 aliphatic rings. The number of hydrogen-bond donors (Lipinski definition) is 1. The number of hydrogen-bond acceptors (Lipinski definition) is 3. The second-order valence-corrected chi connectivity index (χ2v) is 3.42. The molecular formula is C7H11N3S. The van der Waals surface area contributed by atoms with Crippen LogP contribution in [0.2, 0.25) is 0 Å². The van der Waals surface area contributed by atoms with Crippen molar-refractivity contribution in [2.24, 2.45) is 5.92 Å². The molecule has 0 N–H and O–H groups in total. The standard InChI is InChI=1S/C7H11N3S/c11-5-6-3-7(4-6)10-2-1-8-9-10/h1-2,6-7,11H,3-5H2. The summed E-state index contributed by atoms with van der Waals surface area (Å²) in [6, 6.07) is 0.592. The smallest absolute Gasteiger partial charge is 0.0693 e. The molecule has 0 unspecified atom stereocenters. The predicted molar refractivity (Wildman–Crippen MR) is 45.6 cm³/mol. The van der Waals surface area contributed by atoms with E-state index in [1.807, 2.05) is 10.9 Å². The van der Waals surface area contributed by atoms with E-state index in [9.17, 15) is 0 Å². The molecule has 1 aromatic heterocycles. The number of rotatable bonds is 2. The number of thiol groups is 1. The lowest BCUT2D eigenvalue weighted by Crippen LogP contribution is -2.28. The first-order valence-electron chi connectivity index (χ1n) is 3.87. The molecule has 0 aliphatic heterocycles. The van der Waals surface area contributed by atoms with Crippen LogP contribution in [0.15, 0.2) is 12.4 Å². The quantitative estimate of drug-likeness (QED) is 0.673. The third-order valence-corrected chi connectivity index (χ3v) is 2.80. The summed E-state index contributed by atoms with van der Waals surface area (Å²) in [6.45, 7) is 0. The van der Waals surface area contributed by atoms with Gasteiger partial charge in [0.15, 0.2) is 0 Å². The second kappa shape index (κ2) is 2.85. The van der Waals surface area contributed by atoms with Crippen LogP contribution < -0.4 is 0 Å². The minimum atomic E-state index is 0.592. The highest BCUT2D eigenvalue weighted by Crippen LogP contribution is 2.37. The van der Waals surface area contributed by atoms with Gasteiger partial charge in [0.25, 0.3) is 0 Å². The Morgan fingerprint density at radius 2 is 2.36 bits per heavy atom. The maximum atomic E-state index is 4.24. The molecule has 0 bridgehead atoms. The van der Waals surface area contributed by atoms with Crippen LogP contribution in [0.3, 0.4) is 0 Å². The Morgan fingerprint density at radius 3 is 2.91 bits per heavy atom. The molecule has 0 aromatic carbocycles. The van der Waals surface area contributed by atoms with E-state index in [0.717, 1.165) is 11.7 Å². The molecule has 1 heterocycles. The predicted octanol–water partition coefficient (Wildman–Crippen LogP) is 1.16. The van der Waals surface area contributed by atoms with Crippen LogP contribution in [-0.2, 0) is 0 Å². The van der Waals surface area contributed by atoms with Crippen LogP contribution in [0.25, 0.3) is 0 Å². The molecule has 0 radical (unpaired) electrons. The van der Waals surface area contributed by atoms with Gasteiger partial charge in [0.1, 0.15) is 0 Å². The highest BCUT2D eigenvalue weighted by Gasteiger charge is 2.29. The van der Waals surface area contributed by atoms with Crippen molar-refractivity contribution in [2.75, 3.05) is 5.75 Å². The first-order chi connectivity index (χ1) is 5.40. The third kappa shape index (κ3) is 1.27. The van der Waals surface area contributed by atoms with Crippen molar-refractivity contribution in [1.29, 1.82) is 0 Å². The zero-order chi connectivity index (χ0) is 7.68. The van der Waals surface area contributed by atoms with Crippen LogP contribution in [0.4, 0.5) is 0 Å². The van der Waals surface area contributed by atoms with E-state index in [1.54, 1.807) is 6.20 Å². The van der Waals surface area contributed by atoms with E-state index in [-0.39, 0.29) is 0 Å². The maximum absolute atomic E-state index is 4.24. The number of nitrogens with zero attached hydrogens (tertiary/aromatic N) is 3. The lowest BCUT2D eigenvalue weighted by Gasteiger charge is -2.33. The van der Waals surface area contributed by atoms with Gasteiger partial charge in [0.2, 0.25) is 0 Å². The van der Waals surface area contributed by atoms with Gasteiger partial charge in [0.05, 0.1) is 12.2 Å². The van der Waals surface area contributed by atoms with Gasteiger partial charge in [-0.1, -0.05) is 5.21 Å². The van der Waals surface area contributed by atoms with Crippen LogP contribution in [0.5, 0.6) is 0 Å². The van der Waals surface area contributed by atoms with Gasteiger partial charge in [-0.05, 0) is 24.5 Å². The summed E-state index contributed by atoms with van der Waals surface area (Å²) in [6.07, 6.45) is 6.09. The Balaban J connectivity index is 1.92. The number of aromatic nitrogens is 3. The van der Waals surface area contributed by atoms with E-state index in [2.05, 4.69) is 22.9 Å². The van der Waals surface area contributed by atoms with E-state index in [1.165, 1.54) is 12.8 Å². The average Bonchev–Trinajstić information content (AvgIpc) is 2.37. The minimum Gasteiger partial charge on any atom is -0.250 e. The average molecular weight is 169 g/mol. The summed E-state index contributed by atoms with van der Waals surface area (Å²) >= 11 is 4.24. The lowest BCUT2D eigenvalue weighted by atomic mass is 9.82. The molecule has 3 nitrogen and oxygen atoms in total. The molecule has 4 heteroatoms. The lowest BCUT2D eigenvalue weighted by molar-refractivity contribution is 0.202. The Kier molecular flexibility index (Phi) is 1.85. The molecule has 0 spiro atoms.